The van der Waals surface area contributed by atoms with Crippen molar-refractivity contribution in [2.45, 2.75) is 19.8 Å². The molecule has 9 heteroatoms. The second-order valence-electron chi connectivity index (χ2n) is 5.76. The maximum atomic E-state index is 14.0. The van der Waals surface area contributed by atoms with Crippen molar-refractivity contribution in [3.05, 3.63) is 77.8 Å². The van der Waals surface area contributed by atoms with Crippen molar-refractivity contribution >= 4 is 5.78 Å². The number of rotatable bonds is 5. The van der Waals surface area contributed by atoms with Crippen molar-refractivity contribution in [3.63, 3.8) is 0 Å². The zero-order chi connectivity index (χ0) is 19.0. The Morgan fingerprint density at radius 1 is 1.22 bits per heavy atom. The lowest BCUT2D eigenvalue weighted by Gasteiger charge is -2.16. The van der Waals surface area contributed by atoms with Crippen LogP contribution in [0.5, 0.6) is 0 Å². The third kappa shape index (κ3) is 3.07. The molecule has 1 aromatic carbocycles. The minimum Gasteiger partial charge on any atom is -0.455 e. The summed E-state index contributed by atoms with van der Waals surface area (Å²) in [6.45, 7) is 2.47. The summed E-state index contributed by atoms with van der Waals surface area (Å²) in [5, 5.41) is 7.82. The molecule has 0 radical (unpaired) electrons. The number of ether oxygens (including phenoxy) is 2. The van der Waals surface area contributed by atoms with Crippen LogP contribution in [0.15, 0.2) is 49.2 Å². The molecule has 1 aliphatic rings. The number of aromatic nitrogens is 4. The standard InChI is InChI=1S/C18H14F2N4O3/c1-2-23-10-11(9-21-23)17(25)15-8-16(20)22-24(15)14-4-3-12(19)7-13(14)18-26-5-6-27-18/h3-10,18H,2H2,1H3. The normalized spacial score (nSPS) is 13.6. The summed E-state index contributed by atoms with van der Waals surface area (Å²) in [6, 6.07) is 4.78. The summed E-state index contributed by atoms with van der Waals surface area (Å²) in [6.07, 6.45) is 4.67. The highest BCUT2D eigenvalue weighted by Gasteiger charge is 2.26. The summed E-state index contributed by atoms with van der Waals surface area (Å²) < 4.78 is 41.0. The van der Waals surface area contributed by atoms with Gasteiger partial charge in [-0.3, -0.25) is 9.48 Å². The van der Waals surface area contributed by atoms with Crippen LogP contribution in [0.3, 0.4) is 0 Å². The van der Waals surface area contributed by atoms with Gasteiger partial charge in [0, 0.05) is 18.8 Å². The van der Waals surface area contributed by atoms with Gasteiger partial charge in [-0.1, -0.05) is 0 Å². The van der Waals surface area contributed by atoms with E-state index in [2.05, 4.69) is 10.2 Å². The largest absolute Gasteiger partial charge is 0.455 e. The van der Waals surface area contributed by atoms with E-state index < -0.39 is 23.8 Å². The van der Waals surface area contributed by atoms with Crippen molar-refractivity contribution in [1.82, 2.24) is 19.6 Å². The number of hydrogen-bond donors (Lipinski definition) is 0. The maximum absolute atomic E-state index is 14.0. The smallest absolute Gasteiger partial charge is 0.268 e. The van der Waals surface area contributed by atoms with Gasteiger partial charge in [-0.25, -0.2) is 9.07 Å². The van der Waals surface area contributed by atoms with Crippen molar-refractivity contribution in [3.8, 4) is 5.69 Å². The van der Waals surface area contributed by atoms with E-state index in [1.54, 1.807) is 10.9 Å². The molecule has 0 unspecified atom stereocenters. The molecule has 0 fully saturated rings. The third-order valence-electron chi connectivity index (χ3n) is 4.06. The van der Waals surface area contributed by atoms with Crippen molar-refractivity contribution in [2.24, 2.45) is 0 Å². The lowest BCUT2D eigenvalue weighted by molar-refractivity contribution is -0.0248. The van der Waals surface area contributed by atoms with Crippen LogP contribution < -0.4 is 0 Å². The van der Waals surface area contributed by atoms with E-state index in [0.29, 0.717) is 6.54 Å². The van der Waals surface area contributed by atoms with Crippen LogP contribution in [-0.2, 0) is 16.0 Å². The predicted octanol–water partition coefficient (Wildman–Crippen LogP) is 3.11. The van der Waals surface area contributed by atoms with Gasteiger partial charge in [0.25, 0.3) is 6.29 Å². The molecule has 7 nitrogen and oxygen atoms in total. The first-order valence-electron chi connectivity index (χ1n) is 8.15. The van der Waals surface area contributed by atoms with Gasteiger partial charge < -0.3 is 9.47 Å². The highest BCUT2D eigenvalue weighted by molar-refractivity contribution is 6.07. The second-order valence-corrected chi connectivity index (χ2v) is 5.76. The number of carbonyl (C=O) groups is 1. The Labute approximate surface area is 152 Å². The summed E-state index contributed by atoms with van der Waals surface area (Å²) in [5.41, 5.74) is 0.792. The number of ketones is 1. The SMILES string of the molecule is CCn1cc(C(=O)c2cc(F)nn2-c2ccc(F)cc2C2OC=CO2)cn1. The molecule has 0 spiro atoms. The van der Waals surface area contributed by atoms with E-state index in [9.17, 15) is 13.6 Å². The maximum Gasteiger partial charge on any atom is 0.268 e. The van der Waals surface area contributed by atoms with Crippen LogP contribution in [0.1, 0.15) is 34.8 Å². The van der Waals surface area contributed by atoms with E-state index in [0.717, 1.165) is 10.7 Å². The molecular formula is C18H14F2N4O3. The van der Waals surface area contributed by atoms with Crippen LogP contribution >= 0.6 is 0 Å². The predicted molar refractivity (Wildman–Crippen MR) is 88.9 cm³/mol. The first-order chi connectivity index (χ1) is 13.1. The van der Waals surface area contributed by atoms with E-state index in [1.165, 1.54) is 36.9 Å². The van der Waals surface area contributed by atoms with E-state index in [-0.39, 0.29) is 22.5 Å². The number of nitrogens with zero attached hydrogens (tertiary/aromatic N) is 4. The average molecular weight is 372 g/mol. The quantitative estimate of drug-likeness (QED) is 0.644. The fraction of sp³-hybridized carbons (Fsp3) is 0.167. The molecule has 27 heavy (non-hydrogen) atoms. The third-order valence-corrected chi connectivity index (χ3v) is 4.06. The molecule has 0 amide bonds. The molecule has 0 bridgehead atoms. The molecule has 4 rings (SSSR count). The van der Waals surface area contributed by atoms with E-state index in [1.807, 2.05) is 6.92 Å². The minimum atomic E-state index is -0.922. The zero-order valence-electron chi connectivity index (χ0n) is 14.2. The first kappa shape index (κ1) is 17.0. The fourth-order valence-corrected chi connectivity index (χ4v) is 2.79. The molecule has 0 aliphatic carbocycles. The highest BCUT2D eigenvalue weighted by atomic mass is 19.1. The Kier molecular flexibility index (Phi) is 4.19. The van der Waals surface area contributed by atoms with Crippen LogP contribution in [0.2, 0.25) is 0 Å². The summed E-state index contributed by atoms with van der Waals surface area (Å²) in [7, 11) is 0. The first-order valence-corrected chi connectivity index (χ1v) is 8.15. The Balaban J connectivity index is 1.81. The van der Waals surface area contributed by atoms with Gasteiger partial charge in [0.15, 0.2) is 0 Å². The molecule has 0 atom stereocenters. The molecule has 0 N–H and O–H groups in total. The summed E-state index contributed by atoms with van der Waals surface area (Å²) in [4.78, 5) is 12.9. The van der Waals surface area contributed by atoms with Gasteiger partial charge in [-0.2, -0.15) is 9.49 Å². The fourth-order valence-electron chi connectivity index (χ4n) is 2.79. The van der Waals surface area contributed by atoms with Crippen molar-refractivity contribution in [1.29, 1.82) is 0 Å². The summed E-state index contributed by atoms with van der Waals surface area (Å²) in [5.74, 6) is -1.84. The van der Waals surface area contributed by atoms with Gasteiger partial charge in [-0.15, -0.1) is 5.10 Å². The summed E-state index contributed by atoms with van der Waals surface area (Å²) >= 11 is 0. The van der Waals surface area contributed by atoms with Crippen LogP contribution in [-0.4, -0.2) is 25.3 Å². The molecule has 0 saturated heterocycles. The number of halogens is 2. The van der Waals surface area contributed by atoms with Crippen LogP contribution in [0.25, 0.3) is 5.69 Å². The number of hydrogen-bond acceptors (Lipinski definition) is 5. The van der Waals surface area contributed by atoms with Crippen LogP contribution in [0, 0.1) is 11.8 Å². The van der Waals surface area contributed by atoms with E-state index in [4.69, 9.17) is 9.47 Å². The lowest BCUT2D eigenvalue weighted by Crippen LogP contribution is -2.13. The Hall–Kier alpha value is -3.49. The molecule has 138 valence electrons. The lowest BCUT2D eigenvalue weighted by atomic mass is 10.1. The second kappa shape index (κ2) is 6.67. The Morgan fingerprint density at radius 3 is 2.70 bits per heavy atom. The number of carbonyl (C=O) groups excluding carboxylic acids is 1. The molecular weight excluding hydrogens is 358 g/mol. The van der Waals surface area contributed by atoms with Crippen molar-refractivity contribution < 1.29 is 23.0 Å². The number of benzene rings is 1. The van der Waals surface area contributed by atoms with Gasteiger partial charge in [0.05, 0.1) is 23.0 Å². The van der Waals surface area contributed by atoms with Gasteiger partial charge in [0.1, 0.15) is 24.0 Å². The Bertz CT molecular complexity index is 1030. The molecule has 3 aromatic rings. The van der Waals surface area contributed by atoms with Gasteiger partial charge >= 0.3 is 0 Å². The monoisotopic (exact) mass is 372 g/mol. The van der Waals surface area contributed by atoms with Crippen molar-refractivity contribution in [2.75, 3.05) is 0 Å². The zero-order valence-corrected chi connectivity index (χ0v) is 14.2. The molecule has 1 aliphatic heterocycles. The van der Waals surface area contributed by atoms with Crippen LogP contribution in [0.4, 0.5) is 8.78 Å². The molecule has 3 heterocycles. The average Bonchev–Trinajstić information content (AvgIpc) is 3.41. The van der Waals surface area contributed by atoms with E-state index >= 15 is 0 Å². The molecule has 0 saturated carbocycles. The number of aryl methyl sites for hydroxylation is 1. The topological polar surface area (TPSA) is 71.2 Å². The molecule has 2 aromatic heterocycles. The van der Waals surface area contributed by atoms with Gasteiger partial charge in [-0.05, 0) is 25.1 Å². The minimum absolute atomic E-state index is 0.0260. The Morgan fingerprint density at radius 2 is 2.00 bits per heavy atom. The highest BCUT2D eigenvalue weighted by Crippen LogP contribution is 2.31. The van der Waals surface area contributed by atoms with Gasteiger partial charge in [0.2, 0.25) is 11.7 Å².